The number of alkyl halides is 6. The molecule has 0 aliphatic carbocycles. The molecule has 0 atom stereocenters. The Bertz CT molecular complexity index is 342. The van der Waals surface area contributed by atoms with Gasteiger partial charge in [-0.05, 0) is 27.7 Å². The summed E-state index contributed by atoms with van der Waals surface area (Å²) in [5, 5.41) is 2.46. The standard InChI is InChI=1S/C12H19F6NO/c1-8(2)7-19-10(5-11(13,14)15,6-12(16,17)18)9(3,4)20-8/h19H,5-7H2,1-4H3. The molecule has 1 saturated heterocycles. The molecule has 0 radical (unpaired) electrons. The summed E-state index contributed by atoms with van der Waals surface area (Å²) in [6.07, 6.45) is -12.6. The van der Waals surface area contributed by atoms with Crippen LogP contribution in [0.3, 0.4) is 0 Å². The molecule has 1 fully saturated rings. The maximum atomic E-state index is 12.7. The van der Waals surface area contributed by atoms with Crippen molar-refractivity contribution in [2.45, 2.75) is 69.6 Å². The number of ether oxygens (including phenoxy) is 1. The van der Waals surface area contributed by atoms with Gasteiger partial charge in [-0.2, -0.15) is 26.3 Å². The van der Waals surface area contributed by atoms with Gasteiger partial charge < -0.3 is 10.1 Å². The molecule has 0 bridgehead atoms. The largest absolute Gasteiger partial charge is 0.390 e. The minimum atomic E-state index is -4.72. The first kappa shape index (κ1) is 17.6. The normalized spacial score (nSPS) is 25.5. The molecule has 0 amide bonds. The Balaban J connectivity index is 3.17. The number of hydrogen-bond acceptors (Lipinski definition) is 2. The van der Waals surface area contributed by atoms with Crippen LogP contribution in [0.4, 0.5) is 26.3 Å². The van der Waals surface area contributed by atoms with E-state index in [4.69, 9.17) is 4.74 Å². The molecular weight excluding hydrogens is 288 g/mol. The van der Waals surface area contributed by atoms with Crippen molar-refractivity contribution < 1.29 is 31.1 Å². The van der Waals surface area contributed by atoms with Crippen LogP contribution in [-0.4, -0.2) is 35.6 Å². The first-order valence-electron chi connectivity index (χ1n) is 6.16. The smallest absolute Gasteiger partial charge is 0.366 e. The Morgan fingerprint density at radius 1 is 0.900 bits per heavy atom. The van der Waals surface area contributed by atoms with Crippen LogP contribution >= 0.6 is 0 Å². The van der Waals surface area contributed by atoms with E-state index in [-0.39, 0.29) is 6.54 Å². The highest BCUT2D eigenvalue weighted by molar-refractivity contribution is 5.09. The second-order valence-electron chi connectivity index (χ2n) is 6.39. The van der Waals surface area contributed by atoms with Gasteiger partial charge in [-0.3, -0.25) is 0 Å². The van der Waals surface area contributed by atoms with E-state index >= 15 is 0 Å². The molecule has 1 aliphatic heterocycles. The third kappa shape index (κ3) is 4.25. The number of morpholine rings is 1. The summed E-state index contributed by atoms with van der Waals surface area (Å²) in [6, 6.07) is 0. The van der Waals surface area contributed by atoms with Crippen LogP contribution in [0, 0.1) is 0 Å². The molecule has 1 aliphatic rings. The highest BCUT2D eigenvalue weighted by atomic mass is 19.4. The maximum absolute atomic E-state index is 12.7. The van der Waals surface area contributed by atoms with Gasteiger partial charge in [0.25, 0.3) is 0 Å². The molecular formula is C12H19F6NO. The van der Waals surface area contributed by atoms with Gasteiger partial charge in [-0.25, -0.2) is 0 Å². The first-order valence-corrected chi connectivity index (χ1v) is 6.16. The van der Waals surface area contributed by atoms with E-state index in [0.717, 1.165) is 0 Å². The van der Waals surface area contributed by atoms with Crippen molar-refractivity contribution in [2.24, 2.45) is 0 Å². The minimum absolute atomic E-state index is 0.0808. The highest BCUT2D eigenvalue weighted by Crippen LogP contribution is 2.46. The summed E-state index contributed by atoms with van der Waals surface area (Å²) < 4.78 is 81.9. The van der Waals surface area contributed by atoms with Crippen LogP contribution in [0.5, 0.6) is 0 Å². The molecule has 8 heteroatoms. The molecule has 0 aromatic carbocycles. The summed E-state index contributed by atoms with van der Waals surface area (Å²) in [5.74, 6) is 0. The predicted molar refractivity (Wildman–Crippen MR) is 61.3 cm³/mol. The number of rotatable bonds is 2. The van der Waals surface area contributed by atoms with Crippen molar-refractivity contribution in [1.82, 2.24) is 5.32 Å². The lowest BCUT2D eigenvalue weighted by Crippen LogP contribution is -2.72. The molecule has 0 aromatic rings. The van der Waals surface area contributed by atoms with E-state index in [1.807, 2.05) is 0 Å². The zero-order valence-electron chi connectivity index (χ0n) is 11.8. The van der Waals surface area contributed by atoms with Gasteiger partial charge in [-0.1, -0.05) is 0 Å². The molecule has 0 saturated carbocycles. The fourth-order valence-corrected chi connectivity index (χ4v) is 2.72. The van der Waals surface area contributed by atoms with Gasteiger partial charge in [0.15, 0.2) is 0 Å². The lowest BCUT2D eigenvalue weighted by atomic mass is 9.73. The van der Waals surface area contributed by atoms with E-state index in [1.54, 1.807) is 13.8 Å². The molecule has 0 spiro atoms. The molecule has 1 N–H and O–H groups in total. The van der Waals surface area contributed by atoms with Crippen molar-refractivity contribution in [3.05, 3.63) is 0 Å². The topological polar surface area (TPSA) is 21.3 Å². The van der Waals surface area contributed by atoms with Crippen LogP contribution in [0.1, 0.15) is 40.5 Å². The fourth-order valence-electron chi connectivity index (χ4n) is 2.72. The quantitative estimate of drug-likeness (QED) is 0.783. The molecule has 120 valence electrons. The zero-order chi connectivity index (χ0) is 16.0. The predicted octanol–water partition coefficient (Wildman–Crippen LogP) is 3.81. The Kier molecular flexibility index (Phi) is 4.18. The van der Waals surface area contributed by atoms with Crippen LogP contribution in [0.2, 0.25) is 0 Å². The minimum Gasteiger partial charge on any atom is -0.366 e. The van der Waals surface area contributed by atoms with E-state index in [9.17, 15) is 26.3 Å². The molecule has 20 heavy (non-hydrogen) atoms. The van der Waals surface area contributed by atoms with Gasteiger partial charge >= 0.3 is 12.4 Å². The van der Waals surface area contributed by atoms with Gasteiger partial charge in [0.1, 0.15) is 0 Å². The SMILES string of the molecule is CC1(C)CNC(CC(F)(F)F)(CC(F)(F)F)C(C)(C)O1. The van der Waals surface area contributed by atoms with Crippen molar-refractivity contribution in [3.63, 3.8) is 0 Å². The molecule has 0 aromatic heterocycles. The van der Waals surface area contributed by atoms with Crippen molar-refractivity contribution in [1.29, 1.82) is 0 Å². The Morgan fingerprint density at radius 2 is 1.30 bits per heavy atom. The molecule has 2 nitrogen and oxygen atoms in total. The first-order chi connectivity index (χ1) is 8.58. The number of hydrogen-bond donors (Lipinski definition) is 1. The van der Waals surface area contributed by atoms with E-state index in [1.165, 1.54) is 13.8 Å². The van der Waals surface area contributed by atoms with Crippen molar-refractivity contribution in [3.8, 4) is 0 Å². The molecule has 1 heterocycles. The number of halogens is 6. The highest BCUT2D eigenvalue weighted by Gasteiger charge is 2.60. The molecule has 1 rings (SSSR count). The van der Waals surface area contributed by atoms with Gasteiger partial charge in [0.2, 0.25) is 0 Å². The van der Waals surface area contributed by atoms with Gasteiger partial charge in [-0.15, -0.1) is 0 Å². The monoisotopic (exact) mass is 307 g/mol. The summed E-state index contributed by atoms with van der Waals surface area (Å²) in [7, 11) is 0. The summed E-state index contributed by atoms with van der Waals surface area (Å²) in [4.78, 5) is 0. The lowest BCUT2D eigenvalue weighted by Gasteiger charge is -2.55. The molecule has 0 unspecified atom stereocenters. The average molecular weight is 307 g/mol. The van der Waals surface area contributed by atoms with E-state index in [2.05, 4.69) is 5.32 Å². The Morgan fingerprint density at radius 3 is 1.60 bits per heavy atom. The summed E-state index contributed by atoms with van der Waals surface area (Å²) in [5.41, 5.74) is -4.66. The summed E-state index contributed by atoms with van der Waals surface area (Å²) >= 11 is 0. The van der Waals surface area contributed by atoms with Crippen molar-refractivity contribution >= 4 is 0 Å². The van der Waals surface area contributed by atoms with E-state index in [0.29, 0.717) is 0 Å². The van der Waals surface area contributed by atoms with Crippen LogP contribution < -0.4 is 5.32 Å². The van der Waals surface area contributed by atoms with Crippen LogP contribution in [0.25, 0.3) is 0 Å². The lowest BCUT2D eigenvalue weighted by molar-refractivity contribution is -0.259. The third-order valence-corrected chi connectivity index (χ3v) is 3.54. The fraction of sp³-hybridized carbons (Fsp3) is 1.00. The maximum Gasteiger partial charge on any atom is 0.390 e. The Labute approximate surface area is 113 Å². The Hall–Kier alpha value is -0.500. The number of nitrogens with one attached hydrogen (secondary N) is 1. The second-order valence-corrected chi connectivity index (χ2v) is 6.39. The van der Waals surface area contributed by atoms with Crippen LogP contribution in [-0.2, 0) is 4.74 Å². The van der Waals surface area contributed by atoms with Gasteiger partial charge in [0.05, 0.1) is 29.6 Å². The second kappa shape index (κ2) is 4.76. The summed E-state index contributed by atoms with van der Waals surface area (Å²) in [6.45, 7) is 5.68. The third-order valence-electron chi connectivity index (χ3n) is 3.54. The van der Waals surface area contributed by atoms with Crippen LogP contribution in [0.15, 0.2) is 0 Å². The zero-order valence-corrected chi connectivity index (χ0v) is 11.8. The van der Waals surface area contributed by atoms with Crippen molar-refractivity contribution in [2.75, 3.05) is 6.54 Å². The van der Waals surface area contributed by atoms with E-state index < -0.39 is 41.9 Å². The van der Waals surface area contributed by atoms with Gasteiger partial charge in [0, 0.05) is 6.54 Å². The average Bonchev–Trinajstić information content (AvgIpc) is 2.05.